The lowest BCUT2D eigenvalue weighted by Crippen LogP contribution is -2.38. The Morgan fingerprint density at radius 2 is 2.18 bits per heavy atom. The number of thiocarbonyl (C=S) groups is 1. The lowest BCUT2D eigenvalue weighted by atomic mass is 10.1. The van der Waals surface area contributed by atoms with Crippen LogP contribution in [0.5, 0.6) is 11.5 Å². The molecular weight excluding hydrogens is 396 g/mol. The first-order valence-corrected chi connectivity index (χ1v) is 9.75. The number of thioether (sulfide) groups is 1. The highest BCUT2D eigenvalue weighted by Crippen LogP contribution is 2.35. The van der Waals surface area contributed by atoms with Gasteiger partial charge in [-0.25, -0.2) is 0 Å². The van der Waals surface area contributed by atoms with Crippen LogP contribution in [-0.4, -0.2) is 36.4 Å². The van der Waals surface area contributed by atoms with Crippen molar-refractivity contribution in [3.05, 3.63) is 58.5 Å². The molecule has 2 aliphatic heterocycles. The Morgan fingerprint density at radius 1 is 1.32 bits per heavy atom. The molecule has 0 unspecified atom stereocenters. The van der Waals surface area contributed by atoms with Gasteiger partial charge in [0.1, 0.15) is 22.4 Å². The molecule has 28 heavy (non-hydrogen) atoms. The molecule has 2 aliphatic rings. The van der Waals surface area contributed by atoms with Crippen molar-refractivity contribution in [2.75, 3.05) is 25.2 Å². The van der Waals surface area contributed by atoms with Crippen LogP contribution in [0.1, 0.15) is 15.9 Å². The first-order valence-electron chi connectivity index (χ1n) is 8.53. The molecule has 0 saturated carbocycles. The molecule has 1 saturated heterocycles. The largest absolute Gasteiger partial charge is 0.497 e. The molecule has 2 amide bonds. The third kappa shape index (κ3) is 3.61. The average Bonchev–Trinajstić information content (AvgIpc) is 3.03. The molecule has 0 bridgehead atoms. The van der Waals surface area contributed by atoms with Gasteiger partial charge in [0.05, 0.1) is 24.2 Å². The van der Waals surface area contributed by atoms with E-state index in [2.05, 4.69) is 5.32 Å². The van der Waals surface area contributed by atoms with Crippen LogP contribution in [0.2, 0.25) is 0 Å². The van der Waals surface area contributed by atoms with Crippen molar-refractivity contribution < 1.29 is 19.1 Å². The van der Waals surface area contributed by atoms with Crippen LogP contribution in [0.3, 0.4) is 0 Å². The van der Waals surface area contributed by atoms with E-state index < -0.39 is 0 Å². The van der Waals surface area contributed by atoms with Gasteiger partial charge in [0.15, 0.2) is 0 Å². The van der Waals surface area contributed by atoms with E-state index in [4.69, 9.17) is 21.7 Å². The minimum Gasteiger partial charge on any atom is -0.497 e. The number of carbonyl (C=O) groups excluding carboxylic acids is 2. The Labute approximate surface area is 171 Å². The van der Waals surface area contributed by atoms with Crippen molar-refractivity contribution >= 4 is 51.9 Å². The monoisotopic (exact) mass is 412 g/mol. The Morgan fingerprint density at radius 3 is 2.93 bits per heavy atom. The van der Waals surface area contributed by atoms with Crippen LogP contribution in [0, 0.1) is 0 Å². The molecular formula is C20H16N2O4S2. The molecule has 142 valence electrons. The summed E-state index contributed by atoms with van der Waals surface area (Å²) < 4.78 is 11.4. The predicted octanol–water partition coefficient (Wildman–Crippen LogP) is 3.22. The summed E-state index contributed by atoms with van der Waals surface area (Å²) in [6, 6.07) is 12.5. The van der Waals surface area contributed by atoms with Gasteiger partial charge < -0.3 is 19.7 Å². The fourth-order valence-corrected chi connectivity index (χ4v) is 4.06. The van der Waals surface area contributed by atoms with Crippen LogP contribution in [0.4, 0.5) is 5.69 Å². The normalized spacial score (nSPS) is 17.2. The number of amides is 2. The van der Waals surface area contributed by atoms with Crippen molar-refractivity contribution in [1.29, 1.82) is 0 Å². The van der Waals surface area contributed by atoms with Gasteiger partial charge in [-0.1, -0.05) is 36.1 Å². The molecule has 2 aromatic rings. The second-order valence-corrected chi connectivity index (χ2v) is 7.84. The summed E-state index contributed by atoms with van der Waals surface area (Å²) in [7, 11) is 1.57. The highest BCUT2D eigenvalue weighted by molar-refractivity contribution is 8.26. The van der Waals surface area contributed by atoms with E-state index in [1.54, 1.807) is 42.4 Å². The van der Waals surface area contributed by atoms with Gasteiger partial charge in [-0.3, -0.25) is 9.59 Å². The number of methoxy groups -OCH3 is 1. The number of fused-ring (bicyclic) bond motifs is 1. The summed E-state index contributed by atoms with van der Waals surface area (Å²) in [5.74, 6) is 0.900. The number of nitrogens with one attached hydrogen (secondary N) is 1. The third-order valence-electron chi connectivity index (χ3n) is 4.35. The van der Waals surface area contributed by atoms with Gasteiger partial charge in [0.25, 0.3) is 11.8 Å². The number of hydrogen-bond donors (Lipinski definition) is 1. The Balaban J connectivity index is 1.68. The van der Waals surface area contributed by atoms with E-state index in [1.807, 2.05) is 18.2 Å². The summed E-state index contributed by atoms with van der Waals surface area (Å²) >= 11 is 6.24. The van der Waals surface area contributed by atoms with E-state index in [0.29, 0.717) is 45.1 Å². The van der Waals surface area contributed by atoms with Gasteiger partial charge in [-0.05, 0) is 42.0 Å². The lowest BCUT2D eigenvalue weighted by molar-refractivity contribution is -0.115. The van der Waals surface area contributed by atoms with Crippen molar-refractivity contribution in [1.82, 2.24) is 5.32 Å². The van der Waals surface area contributed by atoms with Crippen LogP contribution in [0.25, 0.3) is 6.08 Å². The zero-order chi connectivity index (χ0) is 19.7. The highest BCUT2D eigenvalue weighted by Gasteiger charge is 2.26. The summed E-state index contributed by atoms with van der Waals surface area (Å²) in [6.07, 6.45) is 1.75. The smallest absolute Gasteiger partial charge is 0.263 e. The minimum atomic E-state index is -0.215. The Hall–Kier alpha value is -2.84. The number of carbonyl (C=O) groups is 2. The fraction of sp³-hybridized carbons (Fsp3) is 0.150. The third-order valence-corrected chi connectivity index (χ3v) is 5.51. The van der Waals surface area contributed by atoms with Crippen LogP contribution in [0.15, 0.2) is 47.4 Å². The zero-order valence-electron chi connectivity index (χ0n) is 14.9. The maximum absolute atomic E-state index is 13.1. The second kappa shape index (κ2) is 7.65. The topological polar surface area (TPSA) is 67.9 Å². The van der Waals surface area contributed by atoms with Gasteiger partial charge in [-0.15, -0.1) is 0 Å². The second-order valence-electron chi connectivity index (χ2n) is 6.12. The fourth-order valence-electron chi connectivity index (χ4n) is 3.02. The van der Waals surface area contributed by atoms with E-state index in [9.17, 15) is 9.59 Å². The van der Waals surface area contributed by atoms with Gasteiger partial charge in [0, 0.05) is 5.56 Å². The van der Waals surface area contributed by atoms with Gasteiger partial charge >= 0.3 is 0 Å². The molecule has 4 rings (SSSR count). The maximum atomic E-state index is 13.1. The Kier molecular flexibility index (Phi) is 5.06. The molecule has 6 nitrogen and oxygen atoms in total. The average molecular weight is 412 g/mol. The molecule has 2 aromatic carbocycles. The van der Waals surface area contributed by atoms with Gasteiger partial charge in [-0.2, -0.15) is 0 Å². The number of hydrogen-bond acceptors (Lipinski definition) is 6. The van der Waals surface area contributed by atoms with E-state index in [0.717, 1.165) is 5.56 Å². The molecule has 0 spiro atoms. The molecule has 1 fully saturated rings. The van der Waals surface area contributed by atoms with Gasteiger partial charge in [0.2, 0.25) is 0 Å². The molecule has 8 heteroatoms. The number of ether oxygens (including phenoxy) is 2. The van der Waals surface area contributed by atoms with E-state index >= 15 is 0 Å². The summed E-state index contributed by atoms with van der Waals surface area (Å²) in [5, 5.41) is 2.59. The summed E-state index contributed by atoms with van der Waals surface area (Å²) in [6.45, 7) is 0.845. The molecule has 0 aliphatic carbocycles. The lowest BCUT2D eigenvalue weighted by Gasteiger charge is -2.30. The van der Waals surface area contributed by atoms with Crippen LogP contribution in [-0.2, 0) is 4.79 Å². The zero-order valence-corrected chi connectivity index (χ0v) is 16.6. The maximum Gasteiger partial charge on any atom is 0.263 e. The van der Waals surface area contributed by atoms with Crippen molar-refractivity contribution in [2.45, 2.75) is 0 Å². The van der Waals surface area contributed by atoms with Crippen LogP contribution < -0.4 is 19.7 Å². The van der Waals surface area contributed by atoms with Crippen LogP contribution >= 0.6 is 24.0 Å². The molecule has 2 heterocycles. The van der Waals surface area contributed by atoms with E-state index in [1.165, 1.54) is 11.8 Å². The molecule has 0 aromatic heterocycles. The highest BCUT2D eigenvalue weighted by atomic mass is 32.2. The number of rotatable bonds is 3. The molecule has 0 radical (unpaired) electrons. The minimum absolute atomic E-state index is 0.137. The predicted molar refractivity (Wildman–Crippen MR) is 113 cm³/mol. The SMILES string of the molecule is COc1cccc(C(=O)N2CCOc3ccc(C=C4SC(=S)NC4=O)cc32)c1. The van der Waals surface area contributed by atoms with Crippen molar-refractivity contribution in [3.8, 4) is 11.5 Å². The summed E-state index contributed by atoms with van der Waals surface area (Å²) in [5.41, 5.74) is 1.99. The molecule has 0 atom stereocenters. The first-order chi connectivity index (χ1) is 13.5. The molecule has 1 N–H and O–H groups in total. The number of anilines is 1. The quantitative estimate of drug-likeness (QED) is 0.617. The first kappa shape index (κ1) is 18.5. The Bertz CT molecular complexity index is 1020. The van der Waals surface area contributed by atoms with Crippen molar-refractivity contribution in [3.63, 3.8) is 0 Å². The summed E-state index contributed by atoms with van der Waals surface area (Å²) in [4.78, 5) is 27.2. The number of nitrogens with zero attached hydrogens (tertiary/aromatic N) is 1. The van der Waals surface area contributed by atoms with Crippen molar-refractivity contribution in [2.24, 2.45) is 0 Å². The standard InChI is InChI=1S/C20H16N2O4S2/c1-25-14-4-2-3-13(11-14)19(24)22-7-8-26-16-6-5-12(9-15(16)22)10-17-18(23)21-20(27)28-17/h2-6,9-11H,7-8H2,1H3,(H,21,23,27). The van der Waals surface area contributed by atoms with E-state index in [-0.39, 0.29) is 11.8 Å². The number of benzene rings is 2.